The van der Waals surface area contributed by atoms with Gasteiger partial charge in [-0.1, -0.05) is 20.3 Å². The lowest BCUT2D eigenvalue weighted by Gasteiger charge is -2.21. The fourth-order valence-corrected chi connectivity index (χ4v) is 1.19. The minimum Gasteiger partial charge on any atom is -0.463 e. The highest BCUT2D eigenvalue weighted by Crippen LogP contribution is 2.17. The predicted octanol–water partition coefficient (Wildman–Crippen LogP) is 2.37. The van der Waals surface area contributed by atoms with Crippen molar-refractivity contribution in [1.82, 2.24) is 0 Å². The number of esters is 1. The van der Waals surface area contributed by atoms with Crippen molar-refractivity contribution in [3.05, 3.63) is 0 Å². The van der Waals surface area contributed by atoms with Crippen molar-refractivity contribution in [2.24, 2.45) is 11.3 Å². The van der Waals surface area contributed by atoms with Crippen LogP contribution in [0.15, 0.2) is 0 Å². The van der Waals surface area contributed by atoms with Crippen molar-refractivity contribution in [3.8, 4) is 0 Å². The maximum Gasteiger partial charge on any atom is 0.311 e. The van der Waals surface area contributed by atoms with Crippen LogP contribution in [0.3, 0.4) is 0 Å². The van der Waals surface area contributed by atoms with Gasteiger partial charge in [0.25, 0.3) is 0 Å². The van der Waals surface area contributed by atoms with E-state index in [2.05, 4.69) is 6.92 Å². The van der Waals surface area contributed by atoms with Gasteiger partial charge in [0.2, 0.25) is 0 Å². The summed E-state index contributed by atoms with van der Waals surface area (Å²) in [6, 6.07) is 0. The number of rotatable bonds is 5. The van der Waals surface area contributed by atoms with Crippen molar-refractivity contribution in [2.45, 2.75) is 53.6 Å². The molecule has 0 aliphatic heterocycles. The molecule has 0 rings (SSSR count). The van der Waals surface area contributed by atoms with E-state index in [0.29, 0.717) is 0 Å². The normalized spacial score (nSPS) is 15.9. The molecule has 90 valence electrons. The highest BCUT2D eigenvalue weighted by Gasteiger charge is 2.24. The van der Waals surface area contributed by atoms with Gasteiger partial charge in [-0.05, 0) is 33.1 Å². The Morgan fingerprint density at radius 1 is 1.40 bits per heavy atom. The van der Waals surface area contributed by atoms with Gasteiger partial charge in [0.1, 0.15) is 6.61 Å². The van der Waals surface area contributed by atoms with Crippen LogP contribution in [-0.4, -0.2) is 23.8 Å². The molecule has 1 N–H and O–H groups in total. The zero-order chi connectivity index (χ0) is 12.1. The van der Waals surface area contributed by atoms with Crippen molar-refractivity contribution < 1.29 is 14.6 Å². The largest absolute Gasteiger partial charge is 0.463 e. The first-order valence-electron chi connectivity index (χ1n) is 5.64. The maximum absolute atomic E-state index is 11.4. The zero-order valence-corrected chi connectivity index (χ0v) is 10.5. The van der Waals surface area contributed by atoms with E-state index in [1.807, 2.05) is 6.92 Å². The second kappa shape index (κ2) is 6.11. The molecular weight excluding hydrogens is 192 g/mol. The van der Waals surface area contributed by atoms with Crippen LogP contribution >= 0.6 is 0 Å². The second-order valence-corrected chi connectivity index (χ2v) is 5.18. The van der Waals surface area contributed by atoms with E-state index in [9.17, 15) is 9.90 Å². The van der Waals surface area contributed by atoms with Gasteiger partial charge in [0.15, 0.2) is 0 Å². The third-order valence-electron chi connectivity index (χ3n) is 2.40. The van der Waals surface area contributed by atoms with Gasteiger partial charge in [-0.25, -0.2) is 0 Å². The topological polar surface area (TPSA) is 46.5 Å². The molecule has 0 bridgehead atoms. The Hall–Kier alpha value is -0.570. The summed E-state index contributed by atoms with van der Waals surface area (Å²) in [6.07, 6.45) is 1.44. The quantitative estimate of drug-likeness (QED) is 0.718. The van der Waals surface area contributed by atoms with Crippen LogP contribution in [0.25, 0.3) is 0 Å². The number of aliphatic hydroxyl groups excluding tert-OH is 1. The molecule has 3 heteroatoms. The van der Waals surface area contributed by atoms with Crippen LogP contribution in [0.5, 0.6) is 0 Å². The number of hydrogen-bond acceptors (Lipinski definition) is 3. The monoisotopic (exact) mass is 216 g/mol. The van der Waals surface area contributed by atoms with Crippen LogP contribution in [0.2, 0.25) is 0 Å². The summed E-state index contributed by atoms with van der Waals surface area (Å²) in [5.74, 6) is -0.0759. The number of carbonyl (C=O) groups is 1. The Labute approximate surface area is 92.8 Å². The summed E-state index contributed by atoms with van der Waals surface area (Å²) < 4.78 is 5.05. The minimum atomic E-state index is -0.545. The Balaban J connectivity index is 3.90. The fraction of sp³-hybridized carbons (Fsp3) is 0.917. The van der Waals surface area contributed by atoms with Gasteiger partial charge in [-0.2, -0.15) is 0 Å². The molecule has 0 aliphatic carbocycles. The minimum absolute atomic E-state index is 0.108. The summed E-state index contributed by atoms with van der Waals surface area (Å²) >= 11 is 0. The zero-order valence-electron chi connectivity index (χ0n) is 10.5. The van der Waals surface area contributed by atoms with Crippen LogP contribution in [-0.2, 0) is 9.53 Å². The van der Waals surface area contributed by atoms with Gasteiger partial charge in [0.05, 0.1) is 11.5 Å². The summed E-state index contributed by atoms with van der Waals surface area (Å²) in [4.78, 5) is 11.4. The van der Waals surface area contributed by atoms with Crippen LogP contribution in [0.4, 0.5) is 0 Å². The summed E-state index contributed by atoms with van der Waals surface area (Å²) in [6.45, 7) is 9.56. The Morgan fingerprint density at radius 2 is 1.93 bits per heavy atom. The molecule has 0 aromatic heterocycles. The fourth-order valence-electron chi connectivity index (χ4n) is 1.19. The van der Waals surface area contributed by atoms with E-state index >= 15 is 0 Å². The predicted molar refractivity (Wildman–Crippen MR) is 60.5 cm³/mol. The number of hydrogen-bond donors (Lipinski definition) is 1. The SMILES string of the molecule is CCC[C@@H](C)[C@@H](O)COC(=O)C(C)(C)C. The van der Waals surface area contributed by atoms with E-state index in [1.54, 1.807) is 20.8 Å². The number of ether oxygens (including phenoxy) is 1. The van der Waals surface area contributed by atoms with Gasteiger partial charge in [0, 0.05) is 0 Å². The first-order chi connectivity index (χ1) is 6.79. The molecule has 0 fully saturated rings. The van der Waals surface area contributed by atoms with Crippen LogP contribution < -0.4 is 0 Å². The Bertz CT molecular complexity index is 194. The first-order valence-corrected chi connectivity index (χ1v) is 5.64. The standard InChI is InChI=1S/C12H24O3/c1-6-7-9(2)10(13)8-15-11(14)12(3,4)5/h9-10,13H,6-8H2,1-5H3/t9-,10+/m1/s1. The van der Waals surface area contributed by atoms with E-state index in [0.717, 1.165) is 12.8 Å². The Morgan fingerprint density at radius 3 is 2.33 bits per heavy atom. The molecule has 15 heavy (non-hydrogen) atoms. The number of aliphatic hydroxyl groups is 1. The van der Waals surface area contributed by atoms with E-state index < -0.39 is 11.5 Å². The van der Waals surface area contributed by atoms with E-state index in [1.165, 1.54) is 0 Å². The Kier molecular flexibility index (Phi) is 5.88. The van der Waals surface area contributed by atoms with Crippen molar-refractivity contribution in [1.29, 1.82) is 0 Å². The lowest BCUT2D eigenvalue weighted by Crippen LogP contribution is -2.30. The average molecular weight is 216 g/mol. The smallest absolute Gasteiger partial charge is 0.311 e. The molecule has 0 aliphatic rings. The third kappa shape index (κ3) is 5.78. The molecule has 0 radical (unpaired) electrons. The van der Waals surface area contributed by atoms with Gasteiger partial charge in [-0.3, -0.25) is 4.79 Å². The van der Waals surface area contributed by atoms with Gasteiger partial charge in [-0.15, -0.1) is 0 Å². The molecule has 0 saturated carbocycles. The van der Waals surface area contributed by atoms with Crippen LogP contribution in [0, 0.1) is 11.3 Å². The molecule has 0 aromatic rings. The van der Waals surface area contributed by atoms with Gasteiger partial charge >= 0.3 is 5.97 Å². The van der Waals surface area contributed by atoms with Crippen molar-refractivity contribution in [3.63, 3.8) is 0 Å². The second-order valence-electron chi connectivity index (χ2n) is 5.18. The van der Waals surface area contributed by atoms with E-state index in [-0.39, 0.29) is 18.5 Å². The molecule has 0 aromatic carbocycles. The van der Waals surface area contributed by atoms with E-state index in [4.69, 9.17) is 4.74 Å². The molecule has 3 nitrogen and oxygen atoms in total. The highest BCUT2D eigenvalue weighted by atomic mass is 16.5. The molecule has 0 unspecified atom stereocenters. The molecule has 2 atom stereocenters. The lowest BCUT2D eigenvalue weighted by molar-refractivity contribution is -0.156. The molecule has 0 amide bonds. The summed E-state index contributed by atoms with van der Waals surface area (Å²) in [7, 11) is 0. The third-order valence-corrected chi connectivity index (χ3v) is 2.40. The van der Waals surface area contributed by atoms with Gasteiger partial charge < -0.3 is 9.84 Å². The van der Waals surface area contributed by atoms with Crippen molar-refractivity contribution in [2.75, 3.05) is 6.61 Å². The summed E-state index contributed by atoms with van der Waals surface area (Å²) in [5.41, 5.74) is -0.492. The highest BCUT2D eigenvalue weighted by molar-refractivity contribution is 5.75. The van der Waals surface area contributed by atoms with Crippen molar-refractivity contribution >= 4 is 5.97 Å². The van der Waals surface area contributed by atoms with Crippen LogP contribution in [0.1, 0.15) is 47.5 Å². The maximum atomic E-state index is 11.4. The summed E-state index contributed by atoms with van der Waals surface area (Å²) in [5, 5.41) is 9.69. The number of carbonyl (C=O) groups excluding carboxylic acids is 1. The molecule has 0 spiro atoms. The average Bonchev–Trinajstić information content (AvgIpc) is 2.12. The molecule has 0 heterocycles. The molecule has 0 saturated heterocycles. The first kappa shape index (κ1) is 14.4. The lowest BCUT2D eigenvalue weighted by atomic mass is 9.97. The molecular formula is C12H24O3.